The summed E-state index contributed by atoms with van der Waals surface area (Å²) in [5, 5.41) is 0.723. The topological polar surface area (TPSA) is 34.9 Å². The summed E-state index contributed by atoms with van der Waals surface area (Å²) in [6.07, 6.45) is 2.88. The fraction of sp³-hybridized carbons (Fsp3) is 0.222. The van der Waals surface area contributed by atoms with Crippen LogP contribution in [-0.2, 0) is 6.42 Å². The van der Waals surface area contributed by atoms with E-state index in [2.05, 4.69) is 12.1 Å². The summed E-state index contributed by atoms with van der Waals surface area (Å²) in [4.78, 5) is 17.5. The lowest BCUT2D eigenvalue weighted by Gasteiger charge is -2.12. The van der Waals surface area contributed by atoms with E-state index in [0.29, 0.717) is 12.5 Å². The second-order valence-electron chi connectivity index (χ2n) is 5.61. The molecule has 0 radical (unpaired) electrons. The smallest absolute Gasteiger partial charge is 0.261 e. The molecule has 1 aliphatic rings. The van der Waals surface area contributed by atoms with Gasteiger partial charge in [-0.15, -0.1) is 0 Å². The predicted molar refractivity (Wildman–Crippen MR) is 83.5 cm³/mol. The van der Waals surface area contributed by atoms with Gasteiger partial charge in [0, 0.05) is 12.5 Å². The number of fused-ring (bicyclic) bond motifs is 1. The second-order valence-corrected chi connectivity index (χ2v) is 5.61. The van der Waals surface area contributed by atoms with E-state index in [4.69, 9.17) is 4.98 Å². The molecule has 3 aromatic rings. The first-order valence-electron chi connectivity index (χ1n) is 7.37. The largest absolute Gasteiger partial charge is 0.293 e. The molecule has 21 heavy (non-hydrogen) atoms. The van der Waals surface area contributed by atoms with Crippen LogP contribution in [-0.4, -0.2) is 9.55 Å². The molecule has 1 aromatic heterocycles. The Morgan fingerprint density at radius 1 is 1.00 bits per heavy atom. The van der Waals surface area contributed by atoms with E-state index in [0.717, 1.165) is 29.6 Å². The third-order valence-corrected chi connectivity index (χ3v) is 4.00. The van der Waals surface area contributed by atoms with Crippen LogP contribution >= 0.6 is 0 Å². The molecule has 104 valence electrons. The fourth-order valence-electron chi connectivity index (χ4n) is 2.80. The zero-order valence-electron chi connectivity index (χ0n) is 11.7. The van der Waals surface area contributed by atoms with Gasteiger partial charge in [-0.25, -0.2) is 4.98 Å². The van der Waals surface area contributed by atoms with Crippen LogP contribution < -0.4 is 5.56 Å². The standard InChI is InChI=1S/C18H16N2O/c21-18-15-8-4-5-9-16(15)19-17(20(18)14-10-11-14)12-13-6-2-1-3-7-13/h1-9,14H,10-12H2. The Balaban J connectivity index is 1.90. The quantitative estimate of drug-likeness (QED) is 0.735. The first-order valence-corrected chi connectivity index (χ1v) is 7.37. The lowest BCUT2D eigenvalue weighted by Crippen LogP contribution is -2.24. The Labute approximate surface area is 122 Å². The number of hydrogen-bond donors (Lipinski definition) is 0. The fourth-order valence-corrected chi connectivity index (χ4v) is 2.80. The maximum atomic E-state index is 12.7. The first-order chi connectivity index (χ1) is 10.3. The number of para-hydroxylation sites is 1. The van der Waals surface area contributed by atoms with E-state index in [1.54, 1.807) is 0 Å². The van der Waals surface area contributed by atoms with Crippen molar-refractivity contribution in [2.75, 3.05) is 0 Å². The van der Waals surface area contributed by atoms with E-state index in [-0.39, 0.29) is 5.56 Å². The summed E-state index contributed by atoms with van der Waals surface area (Å²) in [6, 6.07) is 18.2. The Hall–Kier alpha value is -2.42. The molecule has 0 atom stereocenters. The highest BCUT2D eigenvalue weighted by Gasteiger charge is 2.28. The van der Waals surface area contributed by atoms with Gasteiger partial charge in [-0.2, -0.15) is 0 Å². The number of hydrogen-bond acceptors (Lipinski definition) is 2. The van der Waals surface area contributed by atoms with Crippen LogP contribution in [0, 0.1) is 0 Å². The Kier molecular flexibility index (Phi) is 2.85. The molecule has 0 bridgehead atoms. The van der Waals surface area contributed by atoms with Crippen LogP contribution in [0.1, 0.15) is 30.3 Å². The highest BCUT2D eigenvalue weighted by molar-refractivity contribution is 5.77. The Morgan fingerprint density at radius 3 is 2.48 bits per heavy atom. The number of rotatable bonds is 3. The van der Waals surface area contributed by atoms with Crippen LogP contribution in [0.3, 0.4) is 0 Å². The molecule has 0 saturated heterocycles. The molecule has 4 rings (SSSR count). The van der Waals surface area contributed by atoms with Crippen molar-refractivity contribution in [1.29, 1.82) is 0 Å². The van der Waals surface area contributed by atoms with Crippen LogP contribution in [0.2, 0.25) is 0 Å². The molecule has 0 aliphatic heterocycles. The molecule has 0 spiro atoms. The number of benzene rings is 2. The monoisotopic (exact) mass is 276 g/mol. The molecule has 2 aromatic carbocycles. The van der Waals surface area contributed by atoms with Crippen LogP contribution in [0.25, 0.3) is 10.9 Å². The normalized spacial score (nSPS) is 14.5. The van der Waals surface area contributed by atoms with Gasteiger partial charge in [-0.05, 0) is 30.5 Å². The minimum Gasteiger partial charge on any atom is -0.293 e. The molecule has 3 nitrogen and oxygen atoms in total. The van der Waals surface area contributed by atoms with Gasteiger partial charge in [0.15, 0.2) is 0 Å². The van der Waals surface area contributed by atoms with Gasteiger partial charge >= 0.3 is 0 Å². The molecule has 0 unspecified atom stereocenters. The molecule has 1 saturated carbocycles. The van der Waals surface area contributed by atoms with Gasteiger partial charge in [0.1, 0.15) is 5.82 Å². The van der Waals surface area contributed by atoms with E-state index in [1.807, 2.05) is 47.0 Å². The second kappa shape index (κ2) is 4.85. The van der Waals surface area contributed by atoms with Gasteiger partial charge in [0.05, 0.1) is 10.9 Å². The lowest BCUT2D eigenvalue weighted by atomic mass is 10.1. The summed E-state index contributed by atoms with van der Waals surface area (Å²) in [7, 11) is 0. The van der Waals surface area contributed by atoms with Crippen LogP contribution in [0.15, 0.2) is 59.4 Å². The Bertz CT molecular complexity index is 848. The minimum atomic E-state index is 0.106. The predicted octanol–water partition coefficient (Wildman–Crippen LogP) is 3.32. The van der Waals surface area contributed by atoms with E-state index >= 15 is 0 Å². The highest BCUT2D eigenvalue weighted by atomic mass is 16.1. The zero-order chi connectivity index (χ0) is 14.2. The van der Waals surface area contributed by atoms with Gasteiger partial charge in [0.2, 0.25) is 0 Å². The van der Waals surface area contributed by atoms with Gasteiger partial charge in [-0.1, -0.05) is 42.5 Å². The van der Waals surface area contributed by atoms with Crippen molar-refractivity contribution in [2.24, 2.45) is 0 Å². The van der Waals surface area contributed by atoms with Crippen molar-refractivity contribution in [3.8, 4) is 0 Å². The van der Waals surface area contributed by atoms with E-state index in [9.17, 15) is 4.79 Å². The summed E-state index contributed by atoms with van der Waals surface area (Å²) in [5.41, 5.74) is 2.09. The first kappa shape index (κ1) is 12.3. The molecule has 1 heterocycles. The van der Waals surface area contributed by atoms with Gasteiger partial charge in [0.25, 0.3) is 5.56 Å². The van der Waals surface area contributed by atoms with Crippen LogP contribution in [0.4, 0.5) is 0 Å². The molecule has 0 amide bonds. The van der Waals surface area contributed by atoms with Crippen molar-refractivity contribution in [3.63, 3.8) is 0 Å². The van der Waals surface area contributed by atoms with Crippen molar-refractivity contribution in [1.82, 2.24) is 9.55 Å². The van der Waals surface area contributed by atoms with Gasteiger partial charge < -0.3 is 0 Å². The summed E-state index contributed by atoms with van der Waals surface area (Å²) in [6.45, 7) is 0. The lowest BCUT2D eigenvalue weighted by molar-refractivity contribution is 0.652. The van der Waals surface area contributed by atoms with Crippen molar-refractivity contribution in [3.05, 3.63) is 76.3 Å². The highest BCUT2D eigenvalue weighted by Crippen LogP contribution is 2.35. The molecule has 3 heteroatoms. The summed E-state index contributed by atoms with van der Waals surface area (Å²) < 4.78 is 1.91. The van der Waals surface area contributed by atoms with E-state index in [1.165, 1.54) is 5.56 Å². The molecular weight excluding hydrogens is 260 g/mol. The average molecular weight is 276 g/mol. The maximum Gasteiger partial charge on any atom is 0.261 e. The average Bonchev–Trinajstić information content (AvgIpc) is 3.33. The number of aromatic nitrogens is 2. The zero-order valence-corrected chi connectivity index (χ0v) is 11.7. The third kappa shape index (κ3) is 2.25. The SMILES string of the molecule is O=c1c2ccccc2nc(Cc2ccccc2)n1C1CC1. The van der Waals surface area contributed by atoms with Gasteiger partial charge in [-0.3, -0.25) is 9.36 Å². The summed E-state index contributed by atoms with van der Waals surface area (Å²) in [5.74, 6) is 0.882. The van der Waals surface area contributed by atoms with E-state index < -0.39 is 0 Å². The van der Waals surface area contributed by atoms with Crippen molar-refractivity contribution < 1.29 is 0 Å². The van der Waals surface area contributed by atoms with Crippen molar-refractivity contribution >= 4 is 10.9 Å². The summed E-state index contributed by atoms with van der Waals surface area (Å²) >= 11 is 0. The van der Waals surface area contributed by atoms with Crippen molar-refractivity contribution in [2.45, 2.75) is 25.3 Å². The Morgan fingerprint density at radius 2 is 1.71 bits per heavy atom. The maximum absolute atomic E-state index is 12.7. The minimum absolute atomic E-state index is 0.106. The molecule has 0 N–H and O–H groups in total. The molecular formula is C18H16N2O. The number of nitrogens with zero attached hydrogens (tertiary/aromatic N) is 2. The third-order valence-electron chi connectivity index (χ3n) is 4.00. The molecule has 1 fully saturated rings. The van der Waals surface area contributed by atoms with Crippen LogP contribution in [0.5, 0.6) is 0 Å². The molecule has 1 aliphatic carbocycles.